The molecule has 1 saturated heterocycles. The molecule has 1 aliphatic heterocycles. The molecule has 4 heteroatoms. The van der Waals surface area contributed by atoms with Crippen molar-refractivity contribution in [3.63, 3.8) is 0 Å². The molecule has 0 spiro atoms. The predicted molar refractivity (Wildman–Crippen MR) is 101 cm³/mol. The lowest BCUT2D eigenvalue weighted by Crippen LogP contribution is -3.16. The van der Waals surface area contributed by atoms with Gasteiger partial charge in [-0.05, 0) is 26.0 Å². The summed E-state index contributed by atoms with van der Waals surface area (Å²) >= 11 is 0. The molecule has 2 heterocycles. The van der Waals surface area contributed by atoms with Crippen molar-refractivity contribution >= 4 is 21.8 Å². The second kappa shape index (κ2) is 6.79. The van der Waals surface area contributed by atoms with Gasteiger partial charge >= 0.3 is 0 Å². The Labute approximate surface area is 148 Å². The van der Waals surface area contributed by atoms with Crippen LogP contribution in [-0.2, 0) is 11.3 Å². The Kier molecular flexibility index (Phi) is 4.50. The van der Waals surface area contributed by atoms with Gasteiger partial charge in [-0.25, -0.2) is 0 Å². The molecule has 4 rings (SSSR count). The van der Waals surface area contributed by atoms with Crippen LogP contribution >= 0.6 is 0 Å². The van der Waals surface area contributed by atoms with Gasteiger partial charge in [-0.1, -0.05) is 36.4 Å². The van der Waals surface area contributed by atoms with Gasteiger partial charge in [0.25, 0.3) is 0 Å². The number of quaternary nitrogens is 1. The average Bonchev–Trinajstić information content (AvgIpc) is 2.89. The zero-order chi connectivity index (χ0) is 17.4. The van der Waals surface area contributed by atoms with Gasteiger partial charge in [-0.2, -0.15) is 0 Å². The molecule has 132 valence electrons. The van der Waals surface area contributed by atoms with E-state index in [9.17, 15) is 5.11 Å². The predicted octanol–water partition coefficient (Wildman–Crippen LogP) is 1.85. The second-order valence-corrected chi connectivity index (χ2v) is 7.42. The summed E-state index contributed by atoms with van der Waals surface area (Å²) in [6, 6.07) is 16.9. The third-order valence-electron chi connectivity index (χ3n) is 5.21. The van der Waals surface area contributed by atoms with Crippen LogP contribution in [0.2, 0.25) is 0 Å². The van der Waals surface area contributed by atoms with Crippen molar-refractivity contribution < 1.29 is 14.7 Å². The van der Waals surface area contributed by atoms with Crippen LogP contribution in [0.15, 0.2) is 48.5 Å². The number of rotatable bonds is 4. The molecule has 0 aliphatic carbocycles. The van der Waals surface area contributed by atoms with Gasteiger partial charge in [0.05, 0.1) is 6.54 Å². The minimum atomic E-state index is -0.369. The molecule has 0 amide bonds. The topological polar surface area (TPSA) is 38.8 Å². The van der Waals surface area contributed by atoms with Crippen LogP contribution in [0.4, 0.5) is 0 Å². The number of aliphatic hydroxyl groups excluding tert-OH is 1. The molecule has 2 N–H and O–H groups in total. The highest BCUT2D eigenvalue weighted by Gasteiger charge is 2.27. The van der Waals surface area contributed by atoms with Crippen molar-refractivity contribution in [3.8, 4) is 0 Å². The lowest BCUT2D eigenvalue weighted by Gasteiger charge is -2.33. The fourth-order valence-electron chi connectivity index (χ4n) is 4.36. The van der Waals surface area contributed by atoms with Crippen molar-refractivity contribution in [2.45, 2.75) is 38.7 Å². The summed E-state index contributed by atoms with van der Waals surface area (Å²) in [6.45, 7) is 7.56. The molecular weight excluding hydrogens is 312 g/mol. The minimum Gasteiger partial charge on any atom is -0.385 e. The molecule has 4 nitrogen and oxygen atoms in total. The molecule has 0 saturated carbocycles. The largest absolute Gasteiger partial charge is 0.385 e. The van der Waals surface area contributed by atoms with Gasteiger partial charge in [0, 0.05) is 21.8 Å². The van der Waals surface area contributed by atoms with E-state index in [0.29, 0.717) is 6.54 Å². The lowest BCUT2D eigenvalue weighted by atomic mass is 10.2. The highest BCUT2D eigenvalue weighted by Crippen LogP contribution is 2.28. The fourth-order valence-corrected chi connectivity index (χ4v) is 4.36. The van der Waals surface area contributed by atoms with Crippen molar-refractivity contribution in [3.05, 3.63) is 48.5 Å². The summed E-state index contributed by atoms with van der Waals surface area (Å²) in [4.78, 5) is 1.43. The molecule has 1 aromatic heterocycles. The van der Waals surface area contributed by atoms with E-state index in [1.54, 1.807) is 0 Å². The number of para-hydroxylation sites is 2. The Balaban J connectivity index is 1.59. The van der Waals surface area contributed by atoms with Crippen LogP contribution in [0.3, 0.4) is 0 Å². The molecular formula is C21H27N2O2+. The van der Waals surface area contributed by atoms with Gasteiger partial charge in [0.2, 0.25) is 0 Å². The number of nitrogens with zero attached hydrogens (tertiary/aromatic N) is 1. The monoisotopic (exact) mass is 339 g/mol. The quantitative estimate of drug-likeness (QED) is 0.761. The van der Waals surface area contributed by atoms with Gasteiger partial charge in [0.1, 0.15) is 37.9 Å². The maximum Gasteiger partial charge on any atom is 0.121 e. The summed E-state index contributed by atoms with van der Waals surface area (Å²) in [5.74, 6) is 0. The SMILES string of the molecule is C[C@@H]1C[NH+](C[C@H](O)Cn2c3ccccc3c3ccccc32)C[C@H](C)O1. The van der Waals surface area contributed by atoms with E-state index in [1.807, 2.05) is 0 Å². The summed E-state index contributed by atoms with van der Waals surface area (Å²) in [6.07, 6.45) is 0.157. The highest BCUT2D eigenvalue weighted by atomic mass is 16.5. The molecule has 0 bridgehead atoms. The Morgan fingerprint density at radius 2 is 1.52 bits per heavy atom. The number of aliphatic hydroxyl groups is 1. The van der Waals surface area contributed by atoms with E-state index >= 15 is 0 Å². The molecule has 1 unspecified atom stereocenters. The summed E-state index contributed by atoms with van der Waals surface area (Å²) in [5, 5.41) is 13.3. The van der Waals surface area contributed by atoms with E-state index in [4.69, 9.17) is 4.74 Å². The van der Waals surface area contributed by atoms with Crippen molar-refractivity contribution in [2.24, 2.45) is 0 Å². The second-order valence-electron chi connectivity index (χ2n) is 7.42. The van der Waals surface area contributed by atoms with E-state index in [2.05, 4.69) is 66.9 Å². The van der Waals surface area contributed by atoms with E-state index < -0.39 is 0 Å². The minimum absolute atomic E-state index is 0.263. The molecule has 4 atom stereocenters. The standard InChI is InChI=1S/C21H26N2O2/c1-15-11-22(12-16(2)25-15)13-17(24)14-23-20-9-5-3-7-18(20)19-8-4-6-10-21(19)23/h3-10,15-17,24H,11-14H2,1-2H3/p+1/t15-,16+,17-/m0/s1. The van der Waals surface area contributed by atoms with Crippen LogP contribution < -0.4 is 4.90 Å². The van der Waals surface area contributed by atoms with Gasteiger partial charge < -0.3 is 19.3 Å². The molecule has 0 radical (unpaired) electrons. The number of hydrogen-bond donors (Lipinski definition) is 2. The van der Waals surface area contributed by atoms with Crippen LogP contribution in [0.1, 0.15) is 13.8 Å². The number of benzene rings is 2. The number of morpholine rings is 1. The summed E-state index contributed by atoms with van der Waals surface area (Å²) < 4.78 is 8.08. The number of fused-ring (bicyclic) bond motifs is 3. The molecule has 25 heavy (non-hydrogen) atoms. The molecule has 1 aliphatic rings. The van der Waals surface area contributed by atoms with Crippen LogP contribution in [0.5, 0.6) is 0 Å². The van der Waals surface area contributed by atoms with Crippen molar-refractivity contribution in [2.75, 3.05) is 19.6 Å². The Morgan fingerprint density at radius 1 is 1.00 bits per heavy atom. The number of nitrogens with one attached hydrogen (secondary N) is 1. The third-order valence-corrected chi connectivity index (χ3v) is 5.21. The lowest BCUT2D eigenvalue weighted by molar-refractivity contribution is -0.918. The van der Waals surface area contributed by atoms with Gasteiger partial charge in [-0.15, -0.1) is 0 Å². The first-order chi connectivity index (χ1) is 12.1. The highest BCUT2D eigenvalue weighted by molar-refractivity contribution is 6.07. The van der Waals surface area contributed by atoms with Crippen molar-refractivity contribution in [1.29, 1.82) is 0 Å². The maximum absolute atomic E-state index is 10.8. The third kappa shape index (κ3) is 3.30. The van der Waals surface area contributed by atoms with E-state index in [1.165, 1.54) is 26.7 Å². The first kappa shape index (κ1) is 16.6. The van der Waals surface area contributed by atoms with Crippen molar-refractivity contribution in [1.82, 2.24) is 4.57 Å². The van der Waals surface area contributed by atoms with Crippen LogP contribution in [-0.4, -0.2) is 47.6 Å². The van der Waals surface area contributed by atoms with E-state index in [0.717, 1.165) is 19.6 Å². The first-order valence-corrected chi connectivity index (χ1v) is 9.25. The van der Waals surface area contributed by atoms with Crippen LogP contribution in [0, 0.1) is 0 Å². The van der Waals surface area contributed by atoms with Crippen LogP contribution in [0.25, 0.3) is 21.8 Å². The molecule has 1 fully saturated rings. The Morgan fingerprint density at radius 3 is 2.08 bits per heavy atom. The number of ether oxygens (including phenoxy) is 1. The number of hydrogen-bond acceptors (Lipinski definition) is 2. The molecule has 2 aromatic carbocycles. The zero-order valence-electron chi connectivity index (χ0n) is 15.0. The molecule has 3 aromatic rings. The Hall–Kier alpha value is -1.88. The Bertz CT molecular complexity index is 809. The smallest absolute Gasteiger partial charge is 0.121 e. The van der Waals surface area contributed by atoms with Gasteiger partial charge in [-0.3, -0.25) is 0 Å². The first-order valence-electron chi connectivity index (χ1n) is 9.25. The van der Waals surface area contributed by atoms with E-state index in [-0.39, 0.29) is 18.3 Å². The normalized spacial score (nSPS) is 25.5. The van der Waals surface area contributed by atoms with Gasteiger partial charge in [0.15, 0.2) is 0 Å². The summed E-state index contributed by atoms with van der Waals surface area (Å²) in [5.41, 5.74) is 2.39. The zero-order valence-corrected chi connectivity index (χ0v) is 15.0. The number of aromatic nitrogens is 1. The average molecular weight is 339 g/mol. The maximum atomic E-state index is 10.8. The summed E-state index contributed by atoms with van der Waals surface area (Å²) in [7, 11) is 0. The fraction of sp³-hybridized carbons (Fsp3) is 0.429.